The summed E-state index contributed by atoms with van der Waals surface area (Å²) < 4.78 is 8.67. The Kier molecular flexibility index (Phi) is 4.61. The zero-order chi connectivity index (χ0) is 27.8. The molecule has 9 rings (SSSR count). The number of fused-ring (bicyclic) bond motifs is 6. The molecule has 0 spiro atoms. The molecule has 0 aliphatic carbocycles. The number of hydrogen-bond acceptors (Lipinski definition) is 4. The van der Waals surface area contributed by atoms with Crippen LogP contribution < -0.4 is 4.74 Å². The van der Waals surface area contributed by atoms with E-state index < -0.39 is 0 Å². The fraction of sp³-hybridized carbons (Fsp3) is 0. The first-order valence-electron chi connectivity index (χ1n) is 13.8. The van der Waals surface area contributed by atoms with E-state index in [4.69, 9.17) is 14.7 Å². The van der Waals surface area contributed by atoms with Crippen molar-refractivity contribution in [2.24, 2.45) is 0 Å². The first kappa shape index (κ1) is 22.8. The number of para-hydroxylation sites is 2. The average Bonchev–Trinajstić information content (AvgIpc) is 3.37. The number of benzene rings is 6. The first-order valence-corrected chi connectivity index (χ1v) is 13.8. The maximum absolute atomic E-state index is 9.57. The molecule has 5 heteroatoms. The van der Waals surface area contributed by atoms with Gasteiger partial charge in [0.25, 0.3) is 0 Å². The summed E-state index contributed by atoms with van der Waals surface area (Å²) in [6.45, 7) is 0. The van der Waals surface area contributed by atoms with Crippen LogP contribution in [-0.4, -0.2) is 14.5 Å². The number of rotatable bonds is 2. The van der Waals surface area contributed by atoms with E-state index in [1.807, 2.05) is 66.7 Å². The van der Waals surface area contributed by atoms with Crippen LogP contribution in [0.25, 0.3) is 71.8 Å². The van der Waals surface area contributed by atoms with Gasteiger partial charge in [0.2, 0.25) is 5.95 Å². The Bertz CT molecular complexity index is 2460. The van der Waals surface area contributed by atoms with Gasteiger partial charge in [-0.25, -0.2) is 9.97 Å². The molecule has 0 unspecified atom stereocenters. The van der Waals surface area contributed by atoms with E-state index in [0.717, 1.165) is 71.8 Å². The number of nitriles is 1. The third kappa shape index (κ3) is 3.18. The molecule has 6 aromatic carbocycles. The average molecular weight is 537 g/mol. The van der Waals surface area contributed by atoms with E-state index >= 15 is 0 Å². The highest BCUT2D eigenvalue weighted by molar-refractivity contribution is 6.13. The Labute approximate surface area is 240 Å². The molecule has 0 N–H and O–H groups in total. The topological polar surface area (TPSA) is 63.7 Å². The Balaban J connectivity index is 1.37. The Morgan fingerprint density at radius 2 is 1.43 bits per heavy atom. The van der Waals surface area contributed by atoms with E-state index in [9.17, 15) is 5.26 Å². The van der Waals surface area contributed by atoms with Crippen LogP contribution in [0.1, 0.15) is 5.56 Å². The third-order valence-corrected chi connectivity index (χ3v) is 8.21. The van der Waals surface area contributed by atoms with Crippen molar-refractivity contribution in [2.75, 3.05) is 0 Å². The minimum Gasteiger partial charge on any atom is -0.456 e. The molecule has 5 nitrogen and oxygen atoms in total. The summed E-state index contributed by atoms with van der Waals surface area (Å²) >= 11 is 0. The predicted molar refractivity (Wildman–Crippen MR) is 167 cm³/mol. The lowest BCUT2D eigenvalue weighted by Gasteiger charge is -2.21. The molecule has 194 valence electrons. The van der Waals surface area contributed by atoms with Gasteiger partial charge >= 0.3 is 0 Å². The molecule has 0 amide bonds. The van der Waals surface area contributed by atoms with Crippen LogP contribution in [0.5, 0.6) is 11.5 Å². The number of aromatic nitrogens is 3. The van der Waals surface area contributed by atoms with Crippen molar-refractivity contribution in [2.45, 2.75) is 0 Å². The van der Waals surface area contributed by atoms with E-state index in [0.29, 0.717) is 11.5 Å². The molecule has 2 aromatic heterocycles. The zero-order valence-corrected chi connectivity index (χ0v) is 22.2. The second-order valence-corrected chi connectivity index (χ2v) is 10.6. The van der Waals surface area contributed by atoms with Crippen LogP contribution in [0.15, 0.2) is 121 Å². The summed E-state index contributed by atoms with van der Waals surface area (Å²) in [6, 6.07) is 43.2. The van der Waals surface area contributed by atoms with Gasteiger partial charge in [-0.1, -0.05) is 78.9 Å². The lowest BCUT2D eigenvalue weighted by Crippen LogP contribution is -2.04. The highest BCUT2D eigenvalue weighted by Crippen LogP contribution is 2.49. The van der Waals surface area contributed by atoms with Crippen LogP contribution in [0, 0.1) is 11.3 Å². The summed E-state index contributed by atoms with van der Waals surface area (Å²) in [5.41, 5.74) is 7.31. The van der Waals surface area contributed by atoms with E-state index in [2.05, 4.69) is 65.2 Å². The summed E-state index contributed by atoms with van der Waals surface area (Å²) in [7, 11) is 0. The van der Waals surface area contributed by atoms with Crippen LogP contribution in [0.4, 0.5) is 0 Å². The Morgan fingerprint density at radius 3 is 2.33 bits per heavy atom. The van der Waals surface area contributed by atoms with Gasteiger partial charge in [-0.3, -0.25) is 4.57 Å². The van der Waals surface area contributed by atoms with Gasteiger partial charge in [-0.05, 0) is 47.3 Å². The van der Waals surface area contributed by atoms with Crippen molar-refractivity contribution in [1.82, 2.24) is 14.5 Å². The van der Waals surface area contributed by atoms with Crippen molar-refractivity contribution in [1.29, 1.82) is 5.26 Å². The normalized spacial score (nSPS) is 12.0. The minimum absolute atomic E-state index is 0.565. The monoisotopic (exact) mass is 536 g/mol. The van der Waals surface area contributed by atoms with Crippen LogP contribution in [0.3, 0.4) is 0 Å². The molecule has 0 saturated heterocycles. The van der Waals surface area contributed by atoms with Crippen LogP contribution in [-0.2, 0) is 0 Å². The minimum atomic E-state index is 0.565. The molecular weight excluding hydrogens is 516 g/mol. The van der Waals surface area contributed by atoms with Gasteiger partial charge in [-0.15, -0.1) is 0 Å². The molecule has 8 aromatic rings. The summed E-state index contributed by atoms with van der Waals surface area (Å²) in [5, 5.41) is 15.0. The van der Waals surface area contributed by atoms with E-state index in [-0.39, 0.29) is 0 Å². The van der Waals surface area contributed by atoms with E-state index in [1.165, 1.54) is 5.56 Å². The number of hydrogen-bond donors (Lipinski definition) is 0. The molecule has 3 heterocycles. The standard InChI is InChI=1S/C37H20N4O/c38-21-22-8-5-11-24(18-22)36-27-13-1-3-15-30(27)39-37(40-36)41-31-16-4-2-12-25(31)28-19-29-26-14-6-9-23-10-7-17-33(35(23)26)42-34(29)20-32(28)41/h1-20H. The molecular formula is C37H20N4O. The molecule has 0 fully saturated rings. The summed E-state index contributed by atoms with van der Waals surface area (Å²) in [6.07, 6.45) is 0. The maximum atomic E-state index is 9.57. The summed E-state index contributed by atoms with van der Waals surface area (Å²) in [4.78, 5) is 10.2. The molecule has 1 aliphatic rings. The Morgan fingerprint density at radius 1 is 0.619 bits per heavy atom. The largest absolute Gasteiger partial charge is 0.456 e. The van der Waals surface area contributed by atoms with Gasteiger partial charge in [0.15, 0.2) is 0 Å². The fourth-order valence-corrected chi connectivity index (χ4v) is 6.36. The number of nitrogens with zero attached hydrogens (tertiary/aromatic N) is 4. The first-order chi connectivity index (χ1) is 20.8. The van der Waals surface area contributed by atoms with Gasteiger partial charge in [0, 0.05) is 38.7 Å². The van der Waals surface area contributed by atoms with Crippen molar-refractivity contribution < 1.29 is 4.74 Å². The van der Waals surface area contributed by atoms with Crippen molar-refractivity contribution >= 4 is 43.5 Å². The van der Waals surface area contributed by atoms with Gasteiger partial charge in [-0.2, -0.15) is 5.26 Å². The zero-order valence-electron chi connectivity index (χ0n) is 22.2. The molecule has 0 bridgehead atoms. The number of ether oxygens (including phenoxy) is 1. The molecule has 0 saturated carbocycles. The summed E-state index contributed by atoms with van der Waals surface area (Å²) in [5.74, 6) is 2.23. The molecule has 1 aliphatic heterocycles. The Hall–Kier alpha value is -5.99. The van der Waals surface area contributed by atoms with Gasteiger partial charge in [0.05, 0.1) is 33.9 Å². The SMILES string of the molecule is N#Cc1cccc(-c2nc(-n3c4ccccc4c4cc5c(cc43)Oc3cccc4cccc-5c34)nc3ccccc23)c1. The van der Waals surface area contributed by atoms with Crippen molar-refractivity contribution in [3.63, 3.8) is 0 Å². The van der Waals surface area contributed by atoms with Crippen LogP contribution >= 0.6 is 0 Å². The second-order valence-electron chi connectivity index (χ2n) is 10.6. The van der Waals surface area contributed by atoms with Crippen molar-refractivity contribution in [3.05, 3.63) is 127 Å². The third-order valence-electron chi connectivity index (χ3n) is 8.21. The second kappa shape index (κ2) is 8.50. The highest BCUT2D eigenvalue weighted by Gasteiger charge is 2.24. The molecule has 0 atom stereocenters. The van der Waals surface area contributed by atoms with E-state index in [1.54, 1.807) is 0 Å². The maximum Gasteiger partial charge on any atom is 0.235 e. The fourth-order valence-electron chi connectivity index (χ4n) is 6.36. The lowest BCUT2D eigenvalue weighted by atomic mass is 9.93. The quantitative estimate of drug-likeness (QED) is 0.221. The predicted octanol–water partition coefficient (Wildman–Crippen LogP) is 9.19. The molecule has 42 heavy (non-hydrogen) atoms. The van der Waals surface area contributed by atoms with Gasteiger partial charge < -0.3 is 4.74 Å². The van der Waals surface area contributed by atoms with Crippen LogP contribution in [0.2, 0.25) is 0 Å². The van der Waals surface area contributed by atoms with Gasteiger partial charge in [0.1, 0.15) is 11.5 Å². The van der Waals surface area contributed by atoms with Crippen molar-refractivity contribution in [3.8, 4) is 45.9 Å². The smallest absolute Gasteiger partial charge is 0.235 e. The highest BCUT2D eigenvalue weighted by atomic mass is 16.5. The molecule has 0 radical (unpaired) electrons. The lowest BCUT2D eigenvalue weighted by molar-refractivity contribution is 0.487.